The number of hydrogen-bond donors (Lipinski definition) is 6. The van der Waals surface area contributed by atoms with Gasteiger partial charge >= 0.3 is 0 Å². The average Bonchev–Trinajstić information content (AvgIpc) is 3.11. The monoisotopic (exact) mass is 700 g/mol. The highest BCUT2D eigenvalue weighted by atomic mass is 32.2. The molecule has 3 aromatic rings. The number of allylic oxidation sites excluding steroid dienone is 1. The molecule has 258 valence electrons. The lowest BCUT2D eigenvalue weighted by Crippen LogP contribution is -2.46. The number of aliphatic imine (C=N–C) groups is 1. The van der Waals surface area contributed by atoms with Crippen LogP contribution in [0, 0.1) is 0 Å². The number of amidine groups is 1. The predicted molar refractivity (Wildman–Crippen MR) is 200 cm³/mol. The Balaban J connectivity index is 1.38. The van der Waals surface area contributed by atoms with Gasteiger partial charge in [0, 0.05) is 61.8 Å². The van der Waals surface area contributed by atoms with E-state index >= 15 is 0 Å². The van der Waals surface area contributed by atoms with Gasteiger partial charge in [0.25, 0.3) is 5.91 Å². The molecular weight excluding hydrogens is 657 g/mol. The van der Waals surface area contributed by atoms with Gasteiger partial charge in [0.05, 0.1) is 28.3 Å². The molecule has 1 amide bonds. The van der Waals surface area contributed by atoms with Crippen LogP contribution in [0.1, 0.15) is 28.5 Å². The fraction of sp³-hybridized carbons (Fsp3) is 0.250. The zero-order chi connectivity index (χ0) is 35.2. The number of pyridine rings is 1. The summed E-state index contributed by atoms with van der Waals surface area (Å²) in [7, 11) is 0. The summed E-state index contributed by atoms with van der Waals surface area (Å²) in [6.45, 7) is 14.1. The molecule has 2 aromatic carbocycles. The number of carbonyl (C=O) groups excluding carboxylic acids is 1. The lowest BCUT2D eigenvalue weighted by molar-refractivity contribution is 0.0693. The number of aliphatic hydroxyl groups excluding tert-OH is 1. The van der Waals surface area contributed by atoms with E-state index in [0.29, 0.717) is 38.6 Å². The van der Waals surface area contributed by atoms with Gasteiger partial charge in [-0.2, -0.15) is 0 Å². The van der Waals surface area contributed by atoms with Crippen molar-refractivity contribution in [3.05, 3.63) is 142 Å². The Labute approximate surface area is 296 Å². The minimum atomic E-state index is -1.44. The van der Waals surface area contributed by atoms with E-state index in [1.54, 1.807) is 25.3 Å². The number of aromatic nitrogens is 1. The number of benzene rings is 2. The molecule has 0 bridgehead atoms. The molecule has 0 radical (unpaired) electrons. The van der Waals surface area contributed by atoms with Crippen molar-refractivity contribution in [1.29, 1.82) is 0 Å². The van der Waals surface area contributed by atoms with Crippen molar-refractivity contribution < 1.29 is 15.0 Å². The van der Waals surface area contributed by atoms with Crippen molar-refractivity contribution in [2.45, 2.75) is 17.4 Å². The maximum atomic E-state index is 13.3. The summed E-state index contributed by atoms with van der Waals surface area (Å²) in [5, 5.41) is 27.6. The molecule has 0 atom stereocenters. The Morgan fingerprint density at radius 2 is 1.69 bits per heavy atom. The van der Waals surface area contributed by atoms with E-state index in [-0.39, 0.29) is 18.8 Å². The highest BCUT2D eigenvalue weighted by Gasteiger charge is 2.32. The van der Waals surface area contributed by atoms with Crippen LogP contribution in [0.15, 0.2) is 135 Å². The van der Waals surface area contributed by atoms with Crippen molar-refractivity contribution in [1.82, 2.24) is 25.4 Å². The zero-order valence-electron chi connectivity index (χ0n) is 27.6. The van der Waals surface area contributed by atoms with Crippen molar-refractivity contribution in [3.8, 4) is 0 Å². The molecule has 0 aliphatic carbocycles. The molecule has 4 rings (SSSR count). The van der Waals surface area contributed by atoms with Crippen LogP contribution < -0.4 is 22.1 Å². The first-order valence-electron chi connectivity index (χ1n) is 15.7. The Morgan fingerprint density at radius 3 is 2.27 bits per heavy atom. The fourth-order valence-electron chi connectivity index (χ4n) is 5.13. The van der Waals surface area contributed by atoms with E-state index in [4.69, 9.17) is 11.5 Å². The molecule has 1 aromatic heterocycles. The number of nitrogens with one attached hydrogen (secondary N) is 2. The van der Waals surface area contributed by atoms with Gasteiger partial charge in [-0.05, 0) is 30.2 Å². The summed E-state index contributed by atoms with van der Waals surface area (Å²) >= 11 is 2.65. The molecule has 0 spiro atoms. The number of piperazine rings is 1. The lowest BCUT2D eigenvalue weighted by atomic mass is 9.86. The van der Waals surface area contributed by atoms with Gasteiger partial charge < -0.3 is 37.2 Å². The highest BCUT2D eigenvalue weighted by molar-refractivity contribution is 8.23. The number of thioether (sulfide) groups is 2. The Bertz CT molecular complexity index is 1630. The van der Waals surface area contributed by atoms with Crippen molar-refractivity contribution in [2.75, 3.05) is 45.9 Å². The third-order valence-corrected chi connectivity index (χ3v) is 9.62. The van der Waals surface area contributed by atoms with Crippen LogP contribution in [0.2, 0.25) is 0 Å². The largest absolute Gasteiger partial charge is 0.403 e. The summed E-state index contributed by atoms with van der Waals surface area (Å²) in [6.07, 6.45) is 4.85. The van der Waals surface area contributed by atoms with Gasteiger partial charge in [-0.15, -0.1) is 0 Å². The van der Waals surface area contributed by atoms with Gasteiger partial charge in [0.15, 0.2) is 0 Å². The van der Waals surface area contributed by atoms with E-state index in [0.717, 1.165) is 36.8 Å². The second-order valence-corrected chi connectivity index (χ2v) is 13.7. The number of hydrogen-bond acceptors (Lipinski definition) is 11. The molecule has 0 saturated carbocycles. The molecule has 1 aliphatic heterocycles. The standard InChI is InChI=1S/C36H44N8O3S2/c1-26(44-18-16-43(17-19-44)20-21-45)22-33(41-27(2)38)42-28(3)48-34(24-37)49-31-14-15-39-32(23-31)35(46)40-25-36(47,29-10-6-4-7-11-29)30-12-8-5-9-13-30/h4-15,22-24,42,45,47H,1,3,16-21,25,37H2,2H3,(H2,38,41)(H,40,46)/b33-22+,34-24+. The minimum Gasteiger partial charge on any atom is -0.403 e. The second kappa shape index (κ2) is 18.3. The van der Waals surface area contributed by atoms with Crippen LogP contribution in [-0.2, 0) is 5.60 Å². The van der Waals surface area contributed by atoms with E-state index in [9.17, 15) is 15.0 Å². The number of aliphatic hydroxyl groups is 2. The SMILES string of the molecule is C=C(NC(=C/C(=C)N1CCN(CCO)CC1)/N=C(/C)N)S/C(=C\N)Sc1ccnc(C(=O)NCC(O)(c2ccccc2)c2ccccc2)c1. The molecule has 1 saturated heterocycles. The van der Waals surface area contributed by atoms with Crippen LogP contribution in [0.5, 0.6) is 0 Å². The molecule has 1 aliphatic rings. The summed E-state index contributed by atoms with van der Waals surface area (Å²) in [5.74, 6) is 0.426. The predicted octanol–water partition coefficient (Wildman–Crippen LogP) is 3.73. The van der Waals surface area contributed by atoms with Gasteiger partial charge in [-0.3, -0.25) is 14.7 Å². The maximum Gasteiger partial charge on any atom is 0.270 e. The van der Waals surface area contributed by atoms with Crippen molar-refractivity contribution in [2.24, 2.45) is 16.5 Å². The molecule has 13 heteroatoms. The Hall–Kier alpha value is -4.53. The minimum absolute atomic E-state index is 0.0544. The number of nitrogens with two attached hydrogens (primary N) is 2. The summed E-state index contributed by atoms with van der Waals surface area (Å²) < 4.78 is 0.698. The summed E-state index contributed by atoms with van der Waals surface area (Å²) in [5.41, 5.74) is 12.8. The third-order valence-electron chi connectivity index (χ3n) is 7.61. The van der Waals surface area contributed by atoms with Crippen LogP contribution in [0.25, 0.3) is 0 Å². The van der Waals surface area contributed by atoms with Crippen LogP contribution >= 0.6 is 23.5 Å². The van der Waals surface area contributed by atoms with E-state index < -0.39 is 11.5 Å². The smallest absolute Gasteiger partial charge is 0.270 e. The number of carbonyl (C=O) groups is 1. The maximum absolute atomic E-state index is 13.3. The molecule has 2 heterocycles. The van der Waals surface area contributed by atoms with E-state index in [2.05, 4.69) is 43.6 Å². The lowest BCUT2D eigenvalue weighted by Gasteiger charge is -2.36. The fourth-order valence-corrected chi connectivity index (χ4v) is 6.95. The average molecular weight is 701 g/mol. The summed E-state index contributed by atoms with van der Waals surface area (Å²) in [6, 6.07) is 21.9. The number of nitrogens with zero attached hydrogens (tertiary/aromatic N) is 4. The first-order valence-corrected chi connectivity index (χ1v) is 17.4. The molecule has 8 N–H and O–H groups in total. The van der Waals surface area contributed by atoms with Crippen molar-refractivity contribution >= 4 is 35.3 Å². The van der Waals surface area contributed by atoms with Crippen molar-refractivity contribution in [3.63, 3.8) is 0 Å². The third kappa shape index (κ3) is 11.0. The summed E-state index contributed by atoms with van der Waals surface area (Å²) in [4.78, 5) is 27.1. The normalized spacial score (nSPS) is 14.8. The molecule has 1 fully saturated rings. The number of β-amino-alcohol motifs (C(OH)–C–C–N with tert-alkyl or cyclic N) is 1. The van der Waals surface area contributed by atoms with E-state index in [1.807, 2.05) is 66.7 Å². The quantitative estimate of drug-likeness (QED) is 0.0558. The topological polar surface area (TPSA) is 165 Å². The highest BCUT2D eigenvalue weighted by Crippen LogP contribution is 2.37. The van der Waals surface area contributed by atoms with Crippen LogP contribution in [0.4, 0.5) is 0 Å². The van der Waals surface area contributed by atoms with Gasteiger partial charge in [-0.1, -0.05) is 97.3 Å². The van der Waals surface area contributed by atoms with Crippen LogP contribution in [0.3, 0.4) is 0 Å². The molecule has 11 nitrogen and oxygen atoms in total. The van der Waals surface area contributed by atoms with Gasteiger partial charge in [0.1, 0.15) is 17.1 Å². The molecular formula is C36H44N8O3S2. The first kappa shape index (κ1) is 37.3. The Kier molecular flexibility index (Phi) is 13.9. The van der Waals surface area contributed by atoms with E-state index in [1.165, 1.54) is 29.7 Å². The van der Waals surface area contributed by atoms with Gasteiger partial charge in [-0.25, -0.2) is 4.99 Å². The first-order chi connectivity index (χ1) is 23.6. The van der Waals surface area contributed by atoms with Gasteiger partial charge in [0.2, 0.25) is 0 Å². The van der Waals surface area contributed by atoms with Crippen LogP contribution in [-0.4, -0.2) is 82.6 Å². The molecule has 0 unspecified atom stereocenters. The number of rotatable bonds is 16. The Morgan fingerprint density at radius 1 is 1.06 bits per heavy atom. The zero-order valence-corrected chi connectivity index (χ0v) is 29.2. The second-order valence-electron chi connectivity index (χ2n) is 11.2. The number of amides is 1. The molecule has 49 heavy (non-hydrogen) atoms.